The number of aromatic nitrogens is 3. The van der Waals surface area contributed by atoms with Gasteiger partial charge in [-0.1, -0.05) is 12.1 Å². The van der Waals surface area contributed by atoms with Crippen LogP contribution >= 0.6 is 0 Å². The summed E-state index contributed by atoms with van der Waals surface area (Å²) in [6, 6.07) is 1.80. The Kier molecular flexibility index (Phi) is 3.73. The van der Waals surface area contributed by atoms with Crippen LogP contribution < -0.4 is 16.6 Å². The Balaban J connectivity index is 2.20. The lowest BCUT2D eigenvalue weighted by Crippen LogP contribution is -2.14. The minimum absolute atomic E-state index is 0.543. The minimum Gasteiger partial charge on any atom is -0.364 e. The van der Waals surface area contributed by atoms with Gasteiger partial charge in [-0.05, 0) is 6.92 Å². The summed E-state index contributed by atoms with van der Waals surface area (Å²) in [7, 11) is 0. The molecule has 4 N–H and O–H groups in total. The van der Waals surface area contributed by atoms with Crippen molar-refractivity contribution in [3.63, 3.8) is 0 Å². The maximum absolute atomic E-state index is 5.44. The van der Waals surface area contributed by atoms with Crippen LogP contribution in [0, 0.1) is 6.92 Å². The van der Waals surface area contributed by atoms with Gasteiger partial charge in [0.1, 0.15) is 29.4 Å². The molecule has 0 aliphatic rings. The number of aryl methyl sites for hydroxylation is 1. The number of hydrogen-bond donors (Lipinski definition) is 3. The van der Waals surface area contributed by atoms with Gasteiger partial charge in [0.15, 0.2) is 0 Å². The lowest BCUT2D eigenvalue weighted by atomic mass is 10.3. The zero-order chi connectivity index (χ0) is 13.0. The van der Waals surface area contributed by atoms with Crippen molar-refractivity contribution in [1.82, 2.24) is 15.1 Å². The Bertz CT molecular complexity index is 511. The van der Waals surface area contributed by atoms with E-state index >= 15 is 0 Å². The Morgan fingerprint density at radius 2 is 2.11 bits per heavy atom. The lowest BCUT2D eigenvalue weighted by molar-refractivity contribution is 0.412. The molecule has 7 nitrogen and oxygen atoms in total. The summed E-state index contributed by atoms with van der Waals surface area (Å²) in [6.07, 6.45) is 2.28. The highest BCUT2D eigenvalue weighted by atomic mass is 16.5. The van der Waals surface area contributed by atoms with Gasteiger partial charge in [-0.25, -0.2) is 15.8 Å². The number of nitrogens with one attached hydrogen (secondary N) is 2. The molecule has 0 amide bonds. The Morgan fingerprint density at radius 1 is 1.33 bits per heavy atom. The van der Waals surface area contributed by atoms with E-state index in [4.69, 9.17) is 10.4 Å². The number of hydrogen-bond acceptors (Lipinski definition) is 7. The first-order chi connectivity index (χ1) is 8.74. The van der Waals surface area contributed by atoms with Crippen molar-refractivity contribution < 1.29 is 4.52 Å². The zero-order valence-corrected chi connectivity index (χ0v) is 10.4. The van der Waals surface area contributed by atoms with Crippen LogP contribution in [0.3, 0.4) is 0 Å². The van der Waals surface area contributed by atoms with Gasteiger partial charge in [0, 0.05) is 18.1 Å². The fourth-order valence-corrected chi connectivity index (χ4v) is 1.54. The maximum atomic E-state index is 5.44. The van der Waals surface area contributed by atoms with E-state index < -0.39 is 0 Å². The molecule has 0 fully saturated rings. The van der Waals surface area contributed by atoms with Gasteiger partial charge < -0.3 is 15.3 Å². The van der Waals surface area contributed by atoms with E-state index in [1.54, 1.807) is 6.07 Å². The maximum Gasteiger partial charge on any atom is 0.148 e. The van der Waals surface area contributed by atoms with Crippen LogP contribution in [0.25, 0.3) is 0 Å². The molecule has 2 aromatic heterocycles. The van der Waals surface area contributed by atoms with Crippen LogP contribution in [-0.4, -0.2) is 15.1 Å². The third-order valence-electron chi connectivity index (χ3n) is 2.57. The summed E-state index contributed by atoms with van der Waals surface area (Å²) in [5.41, 5.74) is 4.26. The van der Waals surface area contributed by atoms with Crippen LogP contribution in [0.4, 0.5) is 11.6 Å². The summed E-state index contributed by atoms with van der Waals surface area (Å²) in [4.78, 5) is 8.72. The van der Waals surface area contributed by atoms with Gasteiger partial charge in [-0.3, -0.25) is 0 Å². The summed E-state index contributed by atoms with van der Waals surface area (Å²) in [5.74, 6) is 7.55. The average molecular weight is 248 g/mol. The Morgan fingerprint density at radius 3 is 2.72 bits per heavy atom. The molecule has 0 spiro atoms. The topological polar surface area (TPSA) is 102 Å². The molecule has 0 unspecified atom stereocenters. The quantitative estimate of drug-likeness (QED) is 0.540. The molecule has 0 aromatic carbocycles. The first-order valence-electron chi connectivity index (χ1n) is 5.71. The normalized spacial score (nSPS) is 10.4. The molecule has 2 aromatic rings. The predicted octanol–water partition coefficient (Wildman–Crippen LogP) is 1.23. The Labute approximate surface area is 105 Å². The van der Waals surface area contributed by atoms with Crippen molar-refractivity contribution in [1.29, 1.82) is 0 Å². The second kappa shape index (κ2) is 5.46. The van der Waals surface area contributed by atoms with E-state index in [1.165, 1.54) is 6.26 Å². The minimum atomic E-state index is 0.543. The molecule has 0 bridgehead atoms. The van der Waals surface area contributed by atoms with Crippen molar-refractivity contribution >= 4 is 11.6 Å². The predicted molar refractivity (Wildman–Crippen MR) is 67.8 cm³/mol. The second-order valence-corrected chi connectivity index (χ2v) is 3.80. The molecule has 0 aliphatic heterocycles. The van der Waals surface area contributed by atoms with Crippen LogP contribution in [0.2, 0.25) is 0 Å². The standard InChI is InChI=1S/C11H16N6O/c1-3-9-14-10(7(2)11(15-9)16-12)13-6-8-4-5-18-17-8/h4-5H,3,6,12H2,1-2H3,(H2,13,14,15,16). The highest BCUT2D eigenvalue weighted by molar-refractivity contribution is 5.56. The SMILES string of the molecule is CCc1nc(NN)c(C)c(NCc2ccon2)n1. The van der Waals surface area contributed by atoms with Crippen molar-refractivity contribution in [3.05, 3.63) is 29.4 Å². The number of hydrazine groups is 1. The van der Waals surface area contributed by atoms with Gasteiger partial charge in [0.05, 0.1) is 6.54 Å². The van der Waals surface area contributed by atoms with Crippen LogP contribution in [0.15, 0.2) is 16.9 Å². The number of anilines is 2. The summed E-state index contributed by atoms with van der Waals surface area (Å²) in [6.45, 7) is 4.44. The average Bonchev–Trinajstić information content (AvgIpc) is 2.90. The fraction of sp³-hybridized carbons (Fsp3) is 0.364. The molecule has 0 saturated heterocycles. The molecule has 18 heavy (non-hydrogen) atoms. The van der Waals surface area contributed by atoms with Gasteiger partial charge in [0.25, 0.3) is 0 Å². The van der Waals surface area contributed by atoms with E-state index in [0.29, 0.717) is 12.4 Å². The molecular weight excluding hydrogens is 232 g/mol. The number of rotatable bonds is 5. The summed E-state index contributed by atoms with van der Waals surface area (Å²) in [5, 5.41) is 7.02. The van der Waals surface area contributed by atoms with E-state index in [9.17, 15) is 0 Å². The van der Waals surface area contributed by atoms with E-state index in [0.717, 1.165) is 29.3 Å². The molecule has 0 saturated carbocycles. The molecule has 2 heterocycles. The fourth-order valence-electron chi connectivity index (χ4n) is 1.54. The second-order valence-electron chi connectivity index (χ2n) is 3.80. The van der Waals surface area contributed by atoms with Crippen molar-refractivity contribution in [2.45, 2.75) is 26.8 Å². The van der Waals surface area contributed by atoms with Gasteiger partial charge in [-0.2, -0.15) is 0 Å². The number of nitrogens with two attached hydrogens (primary N) is 1. The number of nitrogen functional groups attached to an aromatic ring is 1. The number of nitrogens with zero attached hydrogens (tertiary/aromatic N) is 3. The van der Waals surface area contributed by atoms with Crippen LogP contribution in [0.1, 0.15) is 24.0 Å². The van der Waals surface area contributed by atoms with E-state index in [-0.39, 0.29) is 0 Å². The van der Waals surface area contributed by atoms with Crippen molar-refractivity contribution in [2.24, 2.45) is 5.84 Å². The van der Waals surface area contributed by atoms with Crippen molar-refractivity contribution in [2.75, 3.05) is 10.7 Å². The molecule has 7 heteroatoms. The Hall–Kier alpha value is -2.15. The molecule has 0 atom stereocenters. The van der Waals surface area contributed by atoms with Crippen LogP contribution in [-0.2, 0) is 13.0 Å². The smallest absolute Gasteiger partial charge is 0.148 e. The van der Waals surface area contributed by atoms with E-state index in [1.807, 2.05) is 13.8 Å². The van der Waals surface area contributed by atoms with Gasteiger partial charge >= 0.3 is 0 Å². The molecule has 2 rings (SSSR count). The third kappa shape index (κ3) is 2.57. The summed E-state index contributed by atoms with van der Waals surface area (Å²) >= 11 is 0. The molecule has 0 aliphatic carbocycles. The molecule has 96 valence electrons. The van der Waals surface area contributed by atoms with Crippen molar-refractivity contribution in [3.8, 4) is 0 Å². The first-order valence-corrected chi connectivity index (χ1v) is 5.71. The van der Waals surface area contributed by atoms with Crippen LogP contribution in [0.5, 0.6) is 0 Å². The lowest BCUT2D eigenvalue weighted by Gasteiger charge is -2.12. The largest absolute Gasteiger partial charge is 0.364 e. The third-order valence-corrected chi connectivity index (χ3v) is 2.57. The van der Waals surface area contributed by atoms with Gasteiger partial charge in [-0.15, -0.1) is 0 Å². The highest BCUT2D eigenvalue weighted by Crippen LogP contribution is 2.19. The van der Waals surface area contributed by atoms with Gasteiger partial charge in [0.2, 0.25) is 0 Å². The molecular formula is C11H16N6O. The molecule has 0 radical (unpaired) electrons. The monoisotopic (exact) mass is 248 g/mol. The first kappa shape index (κ1) is 12.3. The summed E-state index contributed by atoms with van der Waals surface area (Å²) < 4.78 is 4.77. The highest BCUT2D eigenvalue weighted by Gasteiger charge is 2.09. The zero-order valence-electron chi connectivity index (χ0n) is 10.4. The van der Waals surface area contributed by atoms with E-state index in [2.05, 4.69) is 25.9 Å².